The Morgan fingerprint density at radius 3 is 1.55 bits per heavy atom. The van der Waals surface area contributed by atoms with Crippen LogP contribution in [0.15, 0.2) is 188 Å². The van der Waals surface area contributed by atoms with E-state index in [1.807, 2.05) is 6.07 Å². The third-order valence-corrected chi connectivity index (χ3v) is 12.6. The summed E-state index contributed by atoms with van der Waals surface area (Å²) in [5, 5.41) is 4.66. The maximum Gasteiger partial charge on any atom is 0.165 e. The molecule has 0 N–H and O–H groups in total. The van der Waals surface area contributed by atoms with Crippen molar-refractivity contribution < 1.29 is 0 Å². The average molecular weight is 740 g/mol. The van der Waals surface area contributed by atoms with Crippen LogP contribution in [-0.4, -0.2) is 15.0 Å². The van der Waals surface area contributed by atoms with Gasteiger partial charge in [0.25, 0.3) is 0 Å². The van der Waals surface area contributed by atoms with Crippen molar-refractivity contribution in [2.45, 2.75) is 18.8 Å². The molecular formula is C55H37N3. The zero-order valence-electron chi connectivity index (χ0n) is 32.0. The monoisotopic (exact) mass is 739 g/mol. The summed E-state index contributed by atoms with van der Waals surface area (Å²) in [6, 6.07) is 62.1. The minimum atomic E-state index is -0.459. The molecule has 9 aromatic rings. The zero-order valence-corrected chi connectivity index (χ0v) is 32.0. The van der Waals surface area contributed by atoms with Crippen molar-refractivity contribution in [3.05, 3.63) is 216 Å². The highest BCUT2D eigenvalue weighted by Gasteiger charge is 2.51. The van der Waals surface area contributed by atoms with Crippen molar-refractivity contribution in [2.75, 3.05) is 0 Å². The molecule has 1 unspecified atom stereocenters. The number of rotatable bonds is 4. The molecule has 0 saturated carbocycles. The lowest BCUT2D eigenvalue weighted by Gasteiger charge is -2.31. The first-order valence-electron chi connectivity index (χ1n) is 20.3. The van der Waals surface area contributed by atoms with E-state index in [-0.39, 0.29) is 0 Å². The van der Waals surface area contributed by atoms with Gasteiger partial charge in [-0.2, -0.15) is 0 Å². The SMILES string of the molecule is CC1C=C(c2nc(-c3ccccc3)nc(-c3c(-c4ccc5c(c4)C4(c6ccccc6-c6ccccc64)c4ccccc4-5)c4ccccc4c4ccccc34)n2)C=CC1. The zero-order chi connectivity index (χ0) is 38.4. The second-order valence-electron chi connectivity index (χ2n) is 15.9. The van der Waals surface area contributed by atoms with Gasteiger partial charge in [0.15, 0.2) is 17.5 Å². The van der Waals surface area contributed by atoms with E-state index in [9.17, 15) is 0 Å². The second kappa shape index (κ2) is 12.6. The molecule has 3 aliphatic rings. The van der Waals surface area contributed by atoms with Crippen LogP contribution in [0.1, 0.15) is 41.4 Å². The third kappa shape index (κ3) is 4.65. The highest BCUT2D eigenvalue weighted by atomic mass is 15.0. The molecule has 0 fully saturated rings. The number of hydrogen-bond acceptors (Lipinski definition) is 3. The molecule has 1 aromatic heterocycles. The lowest BCUT2D eigenvalue weighted by atomic mass is 9.70. The Morgan fingerprint density at radius 2 is 0.931 bits per heavy atom. The van der Waals surface area contributed by atoms with Gasteiger partial charge >= 0.3 is 0 Å². The van der Waals surface area contributed by atoms with Crippen LogP contribution in [0.4, 0.5) is 0 Å². The molecule has 0 bridgehead atoms. The quantitative estimate of drug-likeness (QED) is 0.169. The average Bonchev–Trinajstić information content (AvgIpc) is 3.76. The molecule has 12 rings (SSSR count). The fourth-order valence-electron chi connectivity index (χ4n) is 10.2. The van der Waals surface area contributed by atoms with E-state index < -0.39 is 5.41 Å². The summed E-state index contributed by atoms with van der Waals surface area (Å²) in [4.78, 5) is 16.0. The summed E-state index contributed by atoms with van der Waals surface area (Å²) in [7, 11) is 0. The molecule has 8 aromatic carbocycles. The maximum absolute atomic E-state index is 5.42. The van der Waals surface area contributed by atoms with Gasteiger partial charge in [-0.15, -0.1) is 0 Å². The lowest BCUT2D eigenvalue weighted by molar-refractivity contribution is 0.738. The van der Waals surface area contributed by atoms with E-state index in [1.54, 1.807) is 0 Å². The van der Waals surface area contributed by atoms with Crippen LogP contribution in [0.2, 0.25) is 0 Å². The van der Waals surface area contributed by atoms with Crippen LogP contribution in [0.5, 0.6) is 0 Å². The molecule has 58 heavy (non-hydrogen) atoms. The van der Waals surface area contributed by atoms with Gasteiger partial charge in [-0.3, -0.25) is 0 Å². The minimum absolute atomic E-state index is 0.395. The molecule has 3 heteroatoms. The second-order valence-corrected chi connectivity index (χ2v) is 15.9. The van der Waals surface area contributed by atoms with Crippen LogP contribution < -0.4 is 0 Å². The number of benzene rings is 8. The smallest absolute Gasteiger partial charge is 0.165 e. The maximum atomic E-state index is 5.42. The molecule has 272 valence electrons. The van der Waals surface area contributed by atoms with Gasteiger partial charge in [-0.25, -0.2) is 15.0 Å². The van der Waals surface area contributed by atoms with Crippen LogP contribution in [0.25, 0.3) is 83.3 Å². The molecule has 3 nitrogen and oxygen atoms in total. The van der Waals surface area contributed by atoms with Crippen molar-refractivity contribution in [3.63, 3.8) is 0 Å². The molecule has 0 radical (unpaired) electrons. The molecule has 1 spiro atoms. The molecule has 1 heterocycles. The van der Waals surface area contributed by atoms with Gasteiger partial charge in [0.1, 0.15) is 0 Å². The topological polar surface area (TPSA) is 38.7 Å². The van der Waals surface area contributed by atoms with E-state index in [0.29, 0.717) is 23.4 Å². The van der Waals surface area contributed by atoms with Crippen molar-refractivity contribution in [1.82, 2.24) is 15.0 Å². The van der Waals surface area contributed by atoms with Crippen LogP contribution in [-0.2, 0) is 5.41 Å². The van der Waals surface area contributed by atoms with E-state index in [4.69, 9.17) is 15.0 Å². The van der Waals surface area contributed by atoms with Crippen LogP contribution in [0, 0.1) is 5.92 Å². The Labute approximate surface area is 337 Å². The molecular weight excluding hydrogens is 703 g/mol. The van der Waals surface area contributed by atoms with Gasteiger partial charge in [-0.05, 0) is 90.0 Å². The lowest BCUT2D eigenvalue weighted by Crippen LogP contribution is -2.25. The Hall–Kier alpha value is -7.23. The van der Waals surface area contributed by atoms with E-state index in [1.165, 1.54) is 60.7 Å². The van der Waals surface area contributed by atoms with Crippen molar-refractivity contribution in [1.29, 1.82) is 0 Å². The molecule has 1 atom stereocenters. The number of nitrogens with zero attached hydrogens (tertiary/aromatic N) is 3. The van der Waals surface area contributed by atoms with Gasteiger partial charge in [0, 0.05) is 22.3 Å². The minimum Gasteiger partial charge on any atom is -0.208 e. The standard InChI is InChI=1S/C55H37N3/c1-34-16-15-19-37(32-34)53-56-52(35-17-3-2-4-18-35)57-54(58-53)51-45-26-8-6-21-39(45)38-20-5-7-25-44(38)50(51)36-30-31-43-42-24-11-14-29-48(42)55(49(43)33-36)46-27-12-9-22-40(46)41-23-10-13-28-47(41)55/h2-15,17-34H,16H2,1H3. The fourth-order valence-corrected chi connectivity index (χ4v) is 10.2. The van der Waals surface area contributed by atoms with Crippen LogP contribution in [0.3, 0.4) is 0 Å². The first kappa shape index (κ1) is 33.0. The van der Waals surface area contributed by atoms with Gasteiger partial charge < -0.3 is 0 Å². The molecule has 0 amide bonds. The summed E-state index contributed by atoms with van der Waals surface area (Å²) in [6.07, 6.45) is 7.70. The highest BCUT2D eigenvalue weighted by Crippen LogP contribution is 2.63. The molecule has 0 aliphatic heterocycles. The predicted molar refractivity (Wildman–Crippen MR) is 238 cm³/mol. The summed E-state index contributed by atoms with van der Waals surface area (Å²) >= 11 is 0. The number of hydrogen-bond donors (Lipinski definition) is 0. The van der Waals surface area contributed by atoms with Gasteiger partial charge in [0.05, 0.1) is 5.41 Å². The summed E-state index contributed by atoms with van der Waals surface area (Å²) < 4.78 is 0. The van der Waals surface area contributed by atoms with E-state index >= 15 is 0 Å². The number of aromatic nitrogens is 3. The third-order valence-electron chi connectivity index (χ3n) is 12.6. The summed E-state index contributed by atoms with van der Waals surface area (Å²) in [6.45, 7) is 2.25. The van der Waals surface area contributed by atoms with E-state index in [2.05, 4.69) is 189 Å². The Kier molecular flexibility index (Phi) is 7.18. The normalized spacial score (nSPS) is 15.6. The summed E-state index contributed by atoms with van der Waals surface area (Å²) in [5.41, 5.74) is 15.3. The number of fused-ring (bicyclic) bond motifs is 13. The van der Waals surface area contributed by atoms with Crippen LogP contribution >= 0.6 is 0 Å². The summed E-state index contributed by atoms with van der Waals surface area (Å²) in [5.74, 6) is 2.42. The highest BCUT2D eigenvalue weighted by molar-refractivity contribution is 6.21. The Balaban J connectivity index is 1.20. The molecule has 0 saturated heterocycles. The van der Waals surface area contributed by atoms with Crippen molar-refractivity contribution in [2.24, 2.45) is 5.92 Å². The van der Waals surface area contributed by atoms with Gasteiger partial charge in [-0.1, -0.05) is 189 Å². The van der Waals surface area contributed by atoms with E-state index in [0.717, 1.165) is 39.6 Å². The largest absolute Gasteiger partial charge is 0.208 e. The Bertz CT molecular complexity index is 3160. The first-order chi connectivity index (χ1) is 28.7. The molecule has 3 aliphatic carbocycles. The van der Waals surface area contributed by atoms with Crippen molar-refractivity contribution in [3.8, 4) is 56.2 Å². The Morgan fingerprint density at radius 1 is 0.431 bits per heavy atom. The first-order valence-corrected chi connectivity index (χ1v) is 20.3. The van der Waals surface area contributed by atoms with Gasteiger partial charge in [0.2, 0.25) is 0 Å². The van der Waals surface area contributed by atoms with Crippen molar-refractivity contribution >= 4 is 27.1 Å². The number of allylic oxidation sites excluding steroid dienone is 4. The predicted octanol–water partition coefficient (Wildman–Crippen LogP) is 13.5. The fraction of sp³-hybridized carbons (Fsp3) is 0.0727.